The molecule has 0 aliphatic heterocycles. The summed E-state index contributed by atoms with van der Waals surface area (Å²) in [5, 5.41) is 6.40. The molecule has 0 bridgehead atoms. The van der Waals surface area contributed by atoms with Crippen molar-refractivity contribution < 1.29 is 17.2 Å². The van der Waals surface area contributed by atoms with Gasteiger partial charge in [-0.15, -0.1) is 0 Å². The van der Waals surface area contributed by atoms with Crippen molar-refractivity contribution in [2.75, 3.05) is 19.3 Å². The highest BCUT2D eigenvalue weighted by atomic mass is 32.2. The van der Waals surface area contributed by atoms with Crippen LogP contribution in [-0.2, 0) is 27.5 Å². The number of benzene rings is 2. The fourth-order valence-corrected chi connectivity index (χ4v) is 3.83. The largest absolute Gasteiger partial charge is 0.357 e. The lowest BCUT2D eigenvalue weighted by atomic mass is 9.84. The Hall–Kier alpha value is -2.48. The first kappa shape index (κ1) is 23.8. The molecule has 0 saturated carbocycles. The highest BCUT2D eigenvalue weighted by Gasteiger charge is 2.21. The van der Waals surface area contributed by atoms with Gasteiger partial charge in [0, 0.05) is 24.8 Å². The molecule has 0 radical (unpaired) electrons. The zero-order valence-corrected chi connectivity index (χ0v) is 18.6. The number of aliphatic imine (C=N–C) groups is 1. The van der Waals surface area contributed by atoms with Crippen LogP contribution in [0.1, 0.15) is 37.5 Å². The van der Waals surface area contributed by atoms with Gasteiger partial charge in [0.2, 0.25) is 0 Å². The average molecular weight is 438 g/mol. The van der Waals surface area contributed by atoms with Crippen LogP contribution in [0.15, 0.2) is 47.5 Å². The Bertz CT molecular complexity index is 988. The van der Waals surface area contributed by atoms with Gasteiger partial charge in [-0.1, -0.05) is 32.0 Å². The zero-order chi connectivity index (χ0) is 22.4. The van der Waals surface area contributed by atoms with Crippen molar-refractivity contribution >= 4 is 15.8 Å². The van der Waals surface area contributed by atoms with E-state index in [-0.39, 0.29) is 23.5 Å². The first-order valence-electron chi connectivity index (χ1n) is 9.73. The van der Waals surface area contributed by atoms with Crippen molar-refractivity contribution in [1.82, 2.24) is 10.6 Å². The van der Waals surface area contributed by atoms with Gasteiger partial charge in [0.1, 0.15) is 11.6 Å². The third-order valence-corrected chi connectivity index (χ3v) is 5.50. The highest BCUT2D eigenvalue weighted by molar-refractivity contribution is 7.89. The summed E-state index contributed by atoms with van der Waals surface area (Å²) in [7, 11) is -3.25. The van der Waals surface area contributed by atoms with Gasteiger partial charge < -0.3 is 10.6 Å². The molecule has 0 fully saturated rings. The number of rotatable bonds is 8. The molecular weight excluding hydrogens is 408 g/mol. The van der Waals surface area contributed by atoms with Gasteiger partial charge in [-0.3, -0.25) is 0 Å². The lowest BCUT2D eigenvalue weighted by Crippen LogP contribution is -2.43. The van der Waals surface area contributed by atoms with Crippen LogP contribution >= 0.6 is 0 Å². The fraction of sp³-hybridized carbons (Fsp3) is 0.409. The molecule has 0 saturated heterocycles. The highest BCUT2D eigenvalue weighted by Crippen LogP contribution is 2.22. The quantitative estimate of drug-likeness (QED) is 0.490. The van der Waals surface area contributed by atoms with Crippen LogP contribution in [0, 0.1) is 11.6 Å². The first-order chi connectivity index (χ1) is 14.0. The third kappa shape index (κ3) is 7.40. The monoisotopic (exact) mass is 437 g/mol. The molecule has 0 heterocycles. The van der Waals surface area contributed by atoms with E-state index in [1.807, 2.05) is 20.8 Å². The second-order valence-electron chi connectivity index (χ2n) is 7.92. The molecule has 5 nitrogen and oxygen atoms in total. The van der Waals surface area contributed by atoms with E-state index in [1.165, 1.54) is 30.3 Å². The Labute approximate surface area is 177 Å². The van der Waals surface area contributed by atoms with Crippen molar-refractivity contribution in [3.05, 3.63) is 70.8 Å². The number of hydrogen-bond acceptors (Lipinski definition) is 3. The van der Waals surface area contributed by atoms with Gasteiger partial charge in [-0.2, -0.15) is 0 Å². The zero-order valence-electron chi connectivity index (χ0n) is 17.8. The molecule has 30 heavy (non-hydrogen) atoms. The molecular formula is C22H29F2N3O2S. The van der Waals surface area contributed by atoms with Crippen LogP contribution in [0.3, 0.4) is 0 Å². The van der Waals surface area contributed by atoms with Crippen molar-refractivity contribution in [3.63, 3.8) is 0 Å². The predicted octanol–water partition coefficient (Wildman–Crippen LogP) is 3.54. The maximum Gasteiger partial charge on any atom is 0.191 e. The Morgan fingerprint density at radius 1 is 1.00 bits per heavy atom. The van der Waals surface area contributed by atoms with E-state index in [1.54, 1.807) is 12.1 Å². The normalized spacial score (nSPS) is 12.7. The van der Waals surface area contributed by atoms with E-state index in [9.17, 15) is 17.2 Å². The smallest absolute Gasteiger partial charge is 0.191 e. The van der Waals surface area contributed by atoms with Crippen molar-refractivity contribution in [2.24, 2.45) is 4.99 Å². The summed E-state index contributed by atoms with van der Waals surface area (Å²) in [6.45, 7) is 7.29. The molecule has 0 aliphatic rings. The SMILES string of the molecule is CCNC(=NCc1cc(F)ccc1CS(C)(=O)=O)NCC(C)(C)c1ccc(F)cc1. The summed E-state index contributed by atoms with van der Waals surface area (Å²) in [5.41, 5.74) is 1.75. The topological polar surface area (TPSA) is 70.6 Å². The maximum atomic E-state index is 13.7. The van der Waals surface area contributed by atoms with Gasteiger partial charge >= 0.3 is 0 Å². The summed E-state index contributed by atoms with van der Waals surface area (Å²) in [5.74, 6) is -0.354. The van der Waals surface area contributed by atoms with E-state index in [4.69, 9.17) is 0 Å². The van der Waals surface area contributed by atoms with E-state index >= 15 is 0 Å². The van der Waals surface area contributed by atoms with Gasteiger partial charge in [-0.25, -0.2) is 22.2 Å². The van der Waals surface area contributed by atoms with Gasteiger partial charge in [0.25, 0.3) is 0 Å². The van der Waals surface area contributed by atoms with Gasteiger partial charge in [0.15, 0.2) is 15.8 Å². The molecule has 164 valence electrons. The van der Waals surface area contributed by atoms with E-state index in [2.05, 4.69) is 15.6 Å². The lowest BCUT2D eigenvalue weighted by molar-refractivity contribution is 0.507. The fourth-order valence-electron chi connectivity index (χ4n) is 2.98. The van der Waals surface area contributed by atoms with E-state index in [0.717, 1.165) is 11.8 Å². The van der Waals surface area contributed by atoms with Crippen molar-refractivity contribution in [2.45, 2.75) is 38.5 Å². The minimum atomic E-state index is -3.25. The molecule has 0 unspecified atom stereocenters. The summed E-state index contributed by atoms with van der Waals surface area (Å²) >= 11 is 0. The molecule has 2 N–H and O–H groups in total. The minimum absolute atomic E-state index is 0.134. The minimum Gasteiger partial charge on any atom is -0.357 e. The number of nitrogens with one attached hydrogen (secondary N) is 2. The summed E-state index contributed by atoms with van der Waals surface area (Å²) in [6.07, 6.45) is 1.15. The maximum absolute atomic E-state index is 13.7. The van der Waals surface area contributed by atoms with E-state index < -0.39 is 15.7 Å². The van der Waals surface area contributed by atoms with E-state index in [0.29, 0.717) is 30.2 Å². The van der Waals surface area contributed by atoms with Gasteiger partial charge in [0.05, 0.1) is 12.3 Å². The van der Waals surface area contributed by atoms with Crippen LogP contribution in [0.25, 0.3) is 0 Å². The number of sulfone groups is 1. The van der Waals surface area contributed by atoms with Gasteiger partial charge in [-0.05, 0) is 47.9 Å². The number of hydrogen-bond donors (Lipinski definition) is 2. The second-order valence-corrected chi connectivity index (χ2v) is 10.1. The van der Waals surface area contributed by atoms with Crippen LogP contribution in [-0.4, -0.2) is 33.7 Å². The Balaban J connectivity index is 2.16. The molecule has 2 aromatic rings. The Morgan fingerprint density at radius 2 is 1.63 bits per heavy atom. The number of halogens is 2. The number of guanidine groups is 1. The molecule has 0 atom stereocenters. The molecule has 0 spiro atoms. The molecule has 0 amide bonds. The Morgan fingerprint density at radius 3 is 2.23 bits per heavy atom. The van der Waals surface area contributed by atoms with Crippen molar-refractivity contribution in [1.29, 1.82) is 0 Å². The third-order valence-electron chi connectivity index (χ3n) is 4.66. The average Bonchev–Trinajstić information content (AvgIpc) is 2.65. The molecule has 2 aromatic carbocycles. The van der Waals surface area contributed by atoms with Crippen molar-refractivity contribution in [3.8, 4) is 0 Å². The molecule has 0 aliphatic carbocycles. The summed E-state index contributed by atoms with van der Waals surface area (Å²) in [4.78, 5) is 4.50. The summed E-state index contributed by atoms with van der Waals surface area (Å²) in [6, 6.07) is 10.4. The molecule has 2 rings (SSSR count). The molecule has 8 heteroatoms. The first-order valence-corrected chi connectivity index (χ1v) is 11.8. The lowest BCUT2D eigenvalue weighted by Gasteiger charge is -2.27. The van der Waals surface area contributed by atoms with Crippen LogP contribution in [0.5, 0.6) is 0 Å². The predicted molar refractivity (Wildman–Crippen MR) is 117 cm³/mol. The number of nitrogens with zero attached hydrogens (tertiary/aromatic N) is 1. The standard InChI is InChI=1S/C22H29F2N3O2S/c1-5-25-21(27-15-22(2,3)18-7-10-19(23)11-8-18)26-13-17-12-20(24)9-6-16(17)14-30(4,28)29/h6-12H,5,13-15H2,1-4H3,(H2,25,26,27). The van der Waals surface area contributed by atoms with Crippen LogP contribution in [0.4, 0.5) is 8.78 Å². The molecule has 0 aromatic heterocycles. The van der Waals surface area contributed by atoms with Crippen LogP contribution < -0.4 is 10.6 Å². The Kier molecular flexibility index (Phi) is 7.95. The second kappa shape index (κ2) is 10.0. The van der Waals surface area contributed by atoms with Crippen LogP contribution in [0.2, 0.25) is 0 Å². The summed E-state index contributed by atoms with van der Waals surface area (Å²) < 4.78 is 50.3.